The summed E-state index contributed by atoms with van der Waals surface area (Å²) in [6.07, 6.45) is 1.36. The molecule has 0 atom stereocenters. The summed E-state index contributed by atoms with van der Waals surface area (Å²) in [6, 6.07) is 21.5. The number of ether oxygens (including phenoxy) is 1. The van der Waals surface area contributed by atoms with E-state index in [1.165, 1.54) is 6.21 Å². The largest absolute Gasteiger partial charge is 0.423 e. The second kappa shape index (κ2) is 9.99. The average Bonchev–Trinajstić information content (AvgIpc) is 2.77. The van der Waals surface area contributed by atoms with E-state index in [9.17, 15) is 14.4 Å². The number of carbonyl (C=O) groups is 3. The molecule has 0 saturated heterocycles. The van der Waals surface area contributed by atoms with Crippen LogP contribution in [0.1, 0.15) is 15.9 Å². The molecule has 0 bridgehead atoms. The lowest BCUT2D eigenvalue weighted by Crippen LogP contribution is -2.32. The van der Waals surface area contributed by atoms with Crippen LogP contribution in [-0.4, -0.2) is 24.0 Å². The summed E-state index contributed by atoms with van der Waals surface area (Å²) in [5.41, 5.74) is 3.65. The highest BCUT2D eigenvalue weighted by Gasteiger charge is 2.12. The van der Waals surface area contributed by atoms with Crippen molar-refractivity contribution in [2.45, 2.75) is 0 Å². The molecule has 30 heavy (non-hydrogen) atoms. The van der Waals surface area contributed by atoms with Crippen molar-refractivity contribution in [1.82, 2.24) is 5.43 Å². The smallest absolute Gasteiger partial charge is 0.343 e. The molecule has 0 heterocycles. The molecule has 7 nitrogen and oxygen atoms in total. The summed E-state index contributed by atoms with van der Waals surface area (Å²) in [6.45, 7) is 0. The molecule has 0 aliphatic rings. The lowest BCUT2D eigenvalue weighted by Gasteiger charge is -2.05. The Bertz CT molecular complexity index is 1070. The SMILES string of the molecule is O=C(N/N=C/c1ccc(OC(=O)c2ccccc2)cc1)C(=O)Nc1ccc(Cl)cc1. The molecule has 0 fully saturated rings. The number of nitrogens with one attached hydrogen (secondary N) is 2. The predicted molar refractivity (Wildman–Crippen MR) is 114 cm³/mol. The number of carbonyl (C=O) groups excluding carboxylic acids is 3. The van der Waals surface area contributed by atoms with E-state index in [0.29, 0.717) is 27.6 Å². The molecule has 3 aromatic carbocycles. The molecular formula is C22H16ClN3O4. The number of nitrogens with zero attached hydrogens (tertiary/aromatic N) is 1. The van der Waals surface area contributed by atoms with Gasteiger partial charge >= 0.3 is 17.8 Å². The first-order chi connectivity index (χ1) is 14.5. The van der Waals surface area contributed by atoms with Gasteiger partial charge in [-0.05, 0) is 66.2 Å². The van der Waals surface area contributed by atoms with E-state index >= 15 is 0 Å². The van der Waals surface area contributed by atoms with Crippen molar-refractivity contribution >= 4 is 41.3 Å². The Hall–Kier alpha value is -3.97. The van der Waals surface area contributed by atoms with Crippen LogP contribution >= 0.6 is 11.6 Å². The minimum Gasteiger partial charge on any atom is -0.423 e. The normalized spacial score (nSPS) is 10.4. The van der Waals surface area contributed by atoms with E-state index in [0.717, 1.165) is 0 Å². The molecule has 2 N–H and O–H groups in total. The van der Waals surface area contributed by atoms with E-state index in [4.69, 9.17) is 16.3 Å². The van der Waals surface area contributed by atoms with Crippen molar-refractivity contribution in [2.75, 3.05) is 5.32 Å². The zero-order valence-electron chi connectivity index (χ0n) is 15.5. The molecule has 0 spiro atoms. The fraction of sp³-hybridized carbons (Fsp3) is 0. The maximum absolute atomic E-state index is 12.0. The topological polar surface area (TPSA) is 96.9 Å². The van der Waals surface area contributed by atoms with Crippen molar-refractivity contribution < 1.29 is 19.1 Å². The van der Waals surface area contributed by atoms with Crippen LogP contribution in [0.5, 0.6) is 5.75 Å². The molecule has 3 rings (SSSR count). The van der Waals surface area contributed by atoms with Crippen LogP contribution in [0.25, 0.3) is 0 Å². The first-order valence-corrected chi connectivity index (χ1v) is 9.16. The Morgan fingerprint density at radius 2 is 1.50 bits per heavy atom. The summed E-state index contributed by atoms with van der Waals surface area (Å²) in [7, 11) is 0. The van der Waals surface area contributed by atoms with E-state index in [-0.39, 0.29) is 0 Å². The van der Waals surface area contributed by atoms with E-state index in [1.807, 2.05) is 6.07 Å². The van der Waals surface area contributed by atoms with Gasteiger partial charge in [0.05, 0.1) is 11.8 Å². The van der Waals surface area contributed by atoms with Gasteiger partial charge in [0, 0.05) is 10.7 Å². The van der Waals surface area contributed by atoms with Gasteiger partial charge in [-0.1, -0.05) is 29.8 Å². The number of anilines is 1. The number of benzene rings is 3. The van der Waals surface area contributed by atoms with Crippen molar-refractivity contribution in [3.8, 4) is 5.75 Å². The number of amides is 2. The summed E-state index contributed by atoms with van der Waals surface area (Å²) in [5.74, 6) is -1.88. The van der Waals surface area contributed by atoms with Crippen LogP contribution in [0.4, 0.5) is 5.69 Å². The minimum absolute atomic E-state index is 0.368. The zero-order valence-corrected chi connectivity index (χ0v) is 16.3. The molecule has 8 heteroatoms. The van der Waals surface area contributed by atoms with Gasteiger partial charge in [0.25, 0.3) is 0 Å². The predicted octanol–water partition coefficient (Wildman–Crippen LogP) is 3.65. The molecule has 150 valence electrons. The molecule has 3 aromatic rings. The molecule has 0 aliphatic carbocycles. The number of hydrazone groups is 1. The maximum atomic E-state index is 12.0. The van der Waals surface area contributed by atoms with Gasteiger partial charge in [-0.3, -0.25) is 9.59 Å². The van der Waals surface area contributed by atoms with Crippen LogP contribution < -0.4 is 15.5 Å². The molecule has 2 amide bonds. The maximum Gasteiger partial charge on any atom is 0.343 e. The Labute approximate surface area is 177 Å². The molecule has 0 saturated carbocycles. The van der Waals surface area contributed by atoms with Gasteiger partial charge in [-0.25, -0.2) is 10.2 Å². The molecular weight excluding hydrogens is 406 g/mol. The lowest BCUT2D eigenvalue weighted by molar-refractivity contribution is -0.136. The summed E-state index contributed by atoms with van der Waals surface area (Å²) in [5, 5.41) is 6.68. The summed E-state index contributed by atoms with van der Waals surface area (Å²) in [4.78, 5) is 35.6. The van der Waals surface area contributed by atoms with Crippen LogP contribution in [0.2, 0.25) is 5.02 Å². The molecule has 0 unspecified atom stereocenters. The number of hydrogen-bond donors (Lipinski definition) is 2. The van der Waals surface area contributed by atoms with Crippen LogP contribution in [-0.2, 0) is 9.59 Å². The second-order valence-corrected chi connectivity index (χ2v) is 6.42. The average molecular weight is 422 g/mol. The molecule has 0 aliphatic heterocycles. The van der Waals surface area contributed by atoms with Crippen molar-refractivity contribution in [2.24, 2.45) is 5.10 Å². The van der Waals surface area contributed by atoms with E-state index in [1.54, 1.807) is 72.8 Å². The van der Waals surface area contributed by atoms with Gasteiger partial charge in [0.15, 0.2) is 0 Å². The first-order valence-electron chi connectivity index (χ1n) is 8.78. The molecule has 0 radical (unpaired) electrons. The number of rotatable bonds is 5. The van der Waals surface area contributed by atoms with Gasteiger partial charge in [-0.15, -0.1) is 0 Å². The van der Waals surface area contributed by atoms with Crippen molar-refractivity contribution in [3.63, 3.8) is 0 Å². The molecule has 0 aromatic heterocycles. The van der Waals surface area contributed by atoms with Gasteiger partial charge in [0.2, 0.25) is 0 Å². The Morgan fingerprint density at radius 3 is 2.17 bits per heavy atom. The Kier molecular flexibility index (Phi) is 6.91. The highest BCUT2D eigenvalue weighted by molar-refractivity contribution is 6.39. The van der Waals surface area contributed by atoms with Crippen LogP contribution in [0.15, 0.2) is 84.0 Å². The Morgan fingerprint density at radius 1 is 0.833 bits per heavy atom. The van der Waals surface area contributed by atoms with Crippen molar-refractivity contribution in [3.05, 3.63) is 95.0 Å². The van der Waals surface area contributed by atoms with Crippen molar-refractivity contribution in [1.29, 1.82) is 0 Å². The van der Waals surface area contributed by atoms with E-state index in [2.05, 4.69) is 15.8 Å². The monoisotopic (exact) mass is 421 g/mol. The standard InChI is InChI=1S/C22H16ClN3O4/c23-17-8-10-18(11-9-17)25-20(27)21(28)26-24-14-15-6-12-19(13-7-15)30-22(29)16-4-2-1-3-5-16/h1-14H,(H,25,27)(H,26,28)/b24-14+. The third-order valence-corrected chi connectivity index (χ3v) is 4.04. The lowest BCUT2D eigenvalue weighted by atomic mass is 10.2. The minimum atomic E-state index is -0.922. The summed E-state index contributed by atoms with van der Waals surface area (Å²) >= 11 is 5.76. The number of esters is 1. The highest BCUT2D eigenvalue weighted by atomic mass is 35.5. The Balaban J connectivity index is 1.49. The highest BCUT2D eigenvalue weighted by Crippen LogP contribution is 2.14. The van der Waals surface area contributed by atoms with Gasteiger partial charge in [-0.2, -0.15) is 5.10 Å². The van der Waals surface area contributed by atoms with E-state index < -0.39 is 17.8 Å². The second-order valence-electron chi connectivity index (χ2n) is 5.98. The number of hydrogen-bond acceptors (Lipinski definition) is 5. The third-order valence-electron chi connectivity index (χ3n) is 3.79. The quantitative estimate of drug-likeness (QED) is 0.216. The zero-order chi connectivity index (χ0) is 21.3. The fourth-order valence-electron chi connectivity index (χ4n) is 2.30. The summed E-state index contributed by atoms with van der Waals surface area (Å²) < 4.78 is 5.28. The van der Waals surface area contributed by atoms with Gasteiger partial charge < -0.3 is 10.1 Å². The third kappa shape index (κ3) is 6.02. The number of halogens is 1. The first kappa shape index (κ1) is 20.8. The van der Waals surface area contributed by atoms with Gasteiger partial charge in [0.1, 0.15) is 5.75 Å². The fourth-order valence-corrected chi connectivity index (χ4v) is 2.43. The van der Waals surface area contributed by atoms with Crippen LogP contribution in [0, 0.1) is 0 Å². The van der Waals surface area contributed by atoms with Crippen LogP contribution in [0.3, 0.4) is 0 Å².